The van der Waals surface area contributed by atoms with Crippen LogP contribution in [0.3, 0.4) is 0 Å². The summed E-state index contributed by atoms with van der Waals surface area (Å²) in [5.74, 6) is 0. The fourth-order valence-corrected chi connectivity index (χ4v) is 4.20. The average molecular weight is 295 g/mol. The van der Waals surface area contributed by atoms with E-state index in [1.807, 2.05) is 5.38 Å². The molecule has 2 aliphatic rings. The summed E-state index contributed by atoms with van der Waals surface area (Å²) in [6.07, 6.45) is 6.35. The van der Waals surface area contributed by atoms with Crippen molar-refractivity contribution in [3.05, 3.63) is 27.1 Å². The molecule has 0 aromatic carbocycles. The quantitative estimate of drug-likeness (QED) is 0.685. The lowest BCUT2D eigenvalue weighted by Crippen LogP contribution is -2.49. The number of nitrogens with one attached hydrogen (secondary N) is 1. The van der Waals surface area contributed by atoms with Gasteiger partial charge in [-0.25, -0.2) is 0 Å². The van der Waals surface area contributed by atoms with Crippen LogP contribution in [-0.2, 0) is 6.54 Å². The van der Waals surface area contributed by atoms with Gasteiger partial charge < -0.3 is 5.32 Å². The molecule has 5 nitrogen and oxygen atoms in total. The molecular weight excluding hydrogens is 274 g/mol. The van der Waals surface area contributed by atoms with E-state index in [2.05, 4.69) is 10.2 Å². The zero-order chi connectivity index (χ0) is 13.9. The Morgan fingerprint density at radius 1 is 1.40 bits per heavy atom. The molecule has 2 atom stereocenters. The van der Waals surface area contributed by atoms with Gasteiger partial charge in [-0.15, -0.1) is 0 Å². The Bertz CT molecular complexity index is 471. The van der Waals surface area contributed by atoms with Gasteiger partial charge >= 0.3 is 5.00 Å². The summed E-state index contributed by atoms with van der Waals surface area (Å²) in [6.45, 7) is 3.11. The van der Waals surface area contributed by atoms with Crippen LogP contribution in [0.1, 0.15) is 37.7 Å². The van der Waals surface area contributed by atoms with E-state index in [1.54, 1.807) is 6.07 Å². The lowest BCUT2D eigenvalue weighted by atomic mass is 9.94. The van der Waals surface area contributed by atoms with Crippen LogP contribution in [0.4, 0.5) is 5.00 Å². The molecule has 3 heterocycles. The highest BCUT2D eigenvalue weighted by molar-refractivity contribution is 7.13. The zero-order valence-electron chi connectivity index (χ0n) is 11.6. The minimum Gasteiger partial charge on any atom is -0.312 e. The van der Waals surface area contributed by atoms with Crippen LogP contribution in [0.2, 0.25) is 0 Å². The van der Waals surface area contributed by atoms with Gasteiger partial charge in [0.25, 0.3) is 0 Å². The summed E-state index contributed by atoms with van der Waals surface area (Å²) in [7, 11) is 0. The molecule has 20 heavy (non-hydrogen) atoms. The molecule has 2 aliphatic heterocycles. The van der Waals surface area contributed by atoms with Crippen molar-refractivity contribution in [2.75, 3.05) is 13.1 Å². The van der Waals surface area contributed by atoms with Gasteiger partial charge in [-0.1, -0.05) is 17.8 Å². The van der Waals surface area contributed by atoms with E-state index in [4.69, 9.17) is 0 Å². The summed E-state index contributed by atoms with van der Waals surface area (Å²) < 4.78 is 0. The van der Waals surface area contributed by atoms with Crippen LogP contribution in [0, 0.1) is 10.1 Å². The second kappa shape index (κ2) is 6.20. The molecule has 2 saturated heterocycles. The molecule has 0 spiro atoms. The first-order chi connectivity index (χ1) is 9.74. The summed E-state index contributed by atoms with van der Waals surface area (Å²) >= 11 is 1.24. The highest BCUT2D eigenvalue weighted by Gasteiger charge is 2.31. The first-order valence-corrected chi connectivity index (χ1v) is 8.31. The molecule has 0 radical (unpaired) electrons. The number of rotatable bonds is 4. The molecule has 2 unspecified atom stereocenters. The van der Waals surface area contributed by atoms with Crippen molar-refractivity contribution < 1.29 is 4.92 Å². The molecule has 0 bridgehead atoms. The Labute approximate surface area is 123 Å². The van der Waals surface area contributed by atoms with E-state index in [-0.39, 0.29) is 9.92 Å². The highest BCUT2D eigenvalue weighted by Crippen LogP contribution is 2.28. The predicted octanol–water partition coefficient (Wildman–Crippen LogP) is 2.76. The van der Waals surface area contributed by atoms with Gasteiger partial charge in [0.2, 0.25) is 0 Å². The fourth-order valence-electron chi connectivity index (χ4n) is 3.48. The second-order valence-corrected chi connectivity index (χ2v) is 6.68. The van der Waals surface area contributed by atoms with Crippen molar-refractivity contribution >= 4 is 16.3 Å². The number of hydrogen-bond donors (Lipinski definition) is 1. The maximum Gasteiger partial charge on any atom is 0.324 e. The van der Waals surface area contributed by atoms with Crippen molar-refractivity contribution in [3.8, 4) is 0 Å². The fraction of sp³-hybridized carbons (Fsp3) is 0.714. The van der Waals surface area contributed by atoms with E-state index < -0.39 is 0 Å². The molecule has 1 aromatic rings. The molecular formula is C14H21N3O2S. The molecule has 3 rings (SSSR count). The lowest BCUT2D eigenvalue weighted by Gasteiger charge is -2.39. The molecule has 2 fully saturated rings. The topological polar surface area (TPSA) is 58.4 Å². The summed E-state index contributed by atoms with van der Waals surface area (Å²) in [5.41, 5.74) is 1.09. The van der Waals surface area contributed by atoms with E-state index >= 15 is 0 Å². The lowest BCUT2D eigenvalue weighted by molar-refractivity contribution is -0.380. The number of piperidine rings is 1. The number of nitrogens with zero attached hydrogens (tertiary/aromatic N) is 2. The van der Waals surface area contributed by atoms with Gasteiger partial charge in [0.1, 0.15) is 0 Å². The van der Waals surface area contributed by atoms with Crippen LogP contribution in [-0.4, -0.2) is 35.0 Å². The number of nitro groups is 1. The first kappa shape index (κ1) is 14.0. The third-order valence-corrected chi connectivity index (χ3v) is 5.36. The third kappa shape index (κ3) is 3.02. The number of thiophene rings is 1. The first-order valence-electron chi connectivity index (χ1n) is 7.43. The molecule has 1 N–H and O–H groups in total. The zero-order valence-corrected chi connectivity index (χ0v) is 12.4. The minimum atomic E-state index is -0.291. The predicted molar refractivity (Wildman–Crippen MR) is 80.0 cm³/mol. The smallest absolute Gasteiger partial charge is 0.312 e. The summed E-state index contributed by atoms with van der Waals surface area (Å²) in [4.78, 5) is 13.0. The number of hydrogen-bond acceptors (Lipinski definition) is 5. The van der Waals surface area contributed by atoms with Crippen LogP contribution >= 0.6 is 11.3 Å². The largest absolute Gasteiger partial charge is 0.324 e. The Morgan fingerprint density at radius 3 is 3.00 bits per heavy atom. The third-order valence-electron chi connectivity index (χ3n) is 4.43. The van der Waals surface area contributed by atoms with Gasteiger partial charge in [0.15, 0.2) is 0 Å². The van der Waals surface area contributed by atoms with Crippen molar-refractivity contribution in [1.82, 2.24) is 10.2 Å². The Kier molecular flexibility index (Phi) is 4.33. The molecule has 0 aliphatic carbocycles. The normalized spacial score (nSPS) is 27.8. The Morgan fingerprint density at radius 2 is 2.30 bits per heavy atom. The highest BCUT2D eigenvalue weighted by atomic mass is 32.1. The van der Waals surface area contributed by atoms with Gasteiger partial charge in [-0.05, 0) is 44.3 Å². The molecule has 6 heteroatoms. The Hall–Kier alpha value is -0.980. The van der Waals surface area contributed by atoms with E-state index in [0.29, 0.717) is 12.1 Å². The molecule has 1 aromatic heterocycles. The van der Waals surface area contributed by atoms with Crippen LogP contribution < -0.4 is 5.32 Å². The van der Waals surface area contributed by atoms with Crippen LogP contribution in [0.15, 0.2) is 11.4 Å². The van der Waals surface area contributed by atoms with Crippen molar-refractivity contribution in [2.45, 2.75) is 50.7 Å². The van der Waals surface area contributed by atoms with Crippen molar-refractivity contribution in [1.29, 1.82) is 0 Å². The standard InChI is InChI=1S/C14H21N3O2S/c18-17(19)14-8-11(10-20-14)9-16-7-2-1-5-13(16)12-4-3-6-15-12/h8,10,12-13,15H,1-7,9H2. The van der Waals surface area contributed by atoms with Crippen LogP contribution in [0.5, 0.6) is 0 Å². The van der Waals surface area contributed by atoms with E-state index in [1.165, 1.54) is 43.4 Å². The maximum absolute atomic E-state index is 10.8. The van der Waals surface area contributed by atoms with Gasteiger partial charge in [-0.2, -0.15) is 0 Å². The summed E-state index contributed by atoms with van der Waals surface area (Å²) in [6, 6.07) is 2.95. The van der Waals surface area contributed by atoms with Gasteiger partial charge in [0, 0.05) is 30.1 Å². The second-order valence-electron chi connectivity index (χ2n) is 5.79. The Balaban J connectivity index is 1.67. The molecule has 0 saturated carbocycles. The average Bonchev–Trinajstić information content (AvgIpc) is 3.10. The van der Waals surface area contributed by atoms with Gasteiger partial charge in [0.05, 0.1) is 4.92 Å². The van der Waals surface area contributed by atoms with Crippen LogP contribution in [0.25, 0.3) is 0 Å². The monoisotopic (exact) mass is 295 g/mol. The maximum atomic E-state index is 10.8. The van der Waals surface area contributed by atoms with Crippen molar-refractivity contribution in [2.24, 2.45) is 0 Å². The summed E-state index contributed by atoms with van der Waals surface area (Å²) in [5, 5.41) is 16.6. The van der Waals surface area contributed by atoms with E-state index in [9.17, 15) is 10.1 Å². The van der Waals surface area contributed by atoms with Gasteiger partial charge in [-0.3, -0.25) is 15.0 Å². The van der Waals surface area contributed by atoms with E-state index in [0.717, 1.165) is 25.2 Å². The SMILES string of the molecule is O=[N+]([O-])c1cc(CN2CCCCC2C2CCCN2)cs1. The molecule has 0 amide bonds. The molecule has 110 valence electrons. The van der Waals surface area contributed by atoms with Crippen molar-refractivity contribution in [3.63, 3.8) is 0 Å². The minimum absolute atomic E-state index is 0.257. The number of likely N-dealkylation sites (tertiary alicyclic amines) is 1.